The van der Waals surface area contributed by atoms with Crippen molar-refractivity contribution in [2.45, 2.75) is 37.5 Å². The highest BCUT2D eigenvalue weighted by molar-refractivity contribution is 5.35. The molecule has 2 heteroatoms. The Balaban J connectivity index is 1.99. The van der Waals surface area contributed by atoms with Crippen molar-refractivity contribution in [2.24, 2.45) is 5.92 Å². The van der Waals surface area contributed by atoms with E-state index >= 15 is 0 Å². The highest BCUT2D eigenvalue weighted by Crippen LogP contribution is 2.49. The van der Waals surface area contributed by atoms with Gasteiger partial charge in [-0.3, -0.25) is 0 Å². The first-order chi connectivity index (χ1) is 8.71. The average Bonchev–Trinajstić information content (AvgIpc) is 2.38. The third kappa shape index (κ3) is 1.93. The minimum Gasteiger partial charge on any atom is -0.508 e. The Kier molecular flexibility index (Phi) is 3.06. The van der Waals surface area contributed by atoms with Crippen molar-refractivity contribution in [2.75, 3.05) is 20.1 Å². The van der Waals surface area contributed by atoms with Gasteiger partial charge in [-0.15, -0.1) is 0 Å². The van der Waals surface area contributed by atoms with Gasteiger partial charge in [0, 0.05) is 12.0 Å². The summed E-state index contributed by atoms with van der Waals surface area (Å²) in [7, 11) is 2.24. The maximum absolute atomic E-state index is 9.77. The summed E-state index contributed by atoms with van der Waals surface area (Å²) in [5.41, 5.74) is 1.71. The minimum absolute atomic E-state index is 0.337. The van der Waals surface area contributed by atoms with Crippen molar-refractivity contribution in [3.8, 4) is 5.75 Å². The van der Waals surface area contributed by atoms with E-state index in [1.165, 1.54) is 50.8 Å². The van der Waals surface area contributed by atoms with E-state index in [1.54, 1.807) is 6.07 Å². The van der Waals surface area contributed by atoms with Gasteiger partial charge < -0.3 is 10.0 Å². The number of hydrogen-bond acceptors (Lipinski definition) is 2. The molecule has 0 bridgehead atoms. The van der Waals surface area contributed by atoms with Crippen molar-refractivity contribution in [3.63, 3.8) is 0 Å². The molecule has 1 saturated carbocycles. The minimum atomic E-state index is 0.337. The second kappa shape index (κ2) is 4.58. The summed E-state index contributed by atoms with van der Waals surface area (Å²) in [5, 5.41) is 9.77. The molecule has 2 fully saturated rings. The molecule has 98 valence electrons. The van der Waals surface area contributed by atoms with Gasteiger partial charge in [0.2, 0.25) is 0 Å². The Morgan fingerprint density at radius 3 is 3.00 bits per heavy atom. The summed E-state index contributed by atoms with van der Waals surface area (Å²) in [6.45, 7) is 2.40. The maximum atomic E-state index is 9.77. The molecule has 1 heterocycles. The van der Waals surface area contributed by atoms with Crippen LogP contribution in [0.2, 0.25) is 0 Å². The Hall–Kier alpha value is -1.02. The molecular weight excluding hydrogens is 222 g/mol. The molecule has 2 aliphatic rings. The van der Waals surface area contributed by atoms with Crippen LogP contribution in [0.1, 0.15) is 37.7 Å². The van der Waals surface area contributed by atoms with Gasteiger partial charge in [-0.25, -0.2) is 0 Å². The Morgan fingerprint density at radius 1 is 1.28 bits per heavy atom. The number of phenols is 1. The van der Waals surface area contributed by atoms with E-state index in [0.29, 0.717) is 11.2 Å². The predicted octanol–water partition coefficient (Wildman–Crippen LogP) is 3.16. The third-order valence-electron chi connectivity index (χ3n) is 5.10. The quantitative estimate of drug-likeness (QED) is 0.821. The lowest BCUT2D eigenvalue weighted by Crippen LogP contribution is -2.50. The van der Waals surface area contributed by atoms with E-state index < -0.39 is 0 Å². The summed E-state index contributed by atoms with van der Waals surface area (Å²) in [4.78, 5) is 2.47. The van der Waals surface area contributed by atoms with Crippen LogP contribution in [0, 0.1) is 5.92 Å². The van der Waals surface area contributed by atoms with Gasteiger partial charge in [0.15, 0.2) is 0 Å². The van der Waals surface area contributed by atoms with Gasteiger partial charge in [0.1, 0.15) is 5.75 Å². The van der Waals surface area contributed by atoms with Crippen LogP contribution < -0.4 is 0 Å². The zero-order valence-corrected chi connectivity index (χ0v) is 11.2. The summed E-state index contributed by atoms with van der Waals surface area (Å²) in [6.07, 6.45) is 6.61. The molecule has 0 amide bonds. The van der Waals surface area contributed by atoms with Crippen LogP contribution in [0.15, 0.2) is 24.3 Å². The molecule has 2 nitrogen and oxygen atoms in total. The van der Waals surface area contributed by atoms with Gasteiger partial charge in [-0.2, -0.15) is 0 Å². The van der Waals surface area contributed by atoms with Gasteiger partial charge in [0.05, 0.1) is 0 Å². The number of aromatic hydroxyl groups is 1. The molecule has 18 heavy (non-hydrogen) atoms. The molecule has 1 aliphatic heterocycles. The molecule has 1 N–H and O–H groups in total. The second-order valence-corrected chi connectivity index (χ2v) is 6.16. The van der Waals surface area contributed by atoms with E-state index in [9.17, 15) is 5.11 Å². The van der Waals surface area contributed by atoms with E-state index in [4.69, 9.17) is 0 Å². The van der Waals surface area contributed by atoms with Crippen LogP contribution >= 0.6 is 0 Å². The van der Waals surface area contributed by atoms with Crippen LogP contribution in [0.4, 0.5) is 0 Å². The Labute approximate surface area is 110 Å². The Morgan fingerprint density at radius 2 is 2.17 bits per heavy atom. The van der Waals surface area contributed by atoms with Crippen molar-refractivity contribution >= 4 is 0 Å². The molecule has 2 atom stereocenters. The highest BCUT2D eigenvalue weighted by atomic mass is 16.3. The molecule has 0 spiro atoms. The topological polar surface area (TPSA) is 23.5 Å². The largest absolute Gasteiger partial charge is 0.508 e. The monoisotopic (exact) mass is 245 g/mol. The number of likely N-dealkylation sites (tertiary alicyclic amines) is 1. The van der Waals surface area contributed by atoms with Crippen LogP contribution in [-0.2, 0) is 5.41 Å². The number of nitrogens with zero attached hydrogens (tertiary/aromatic N) is 1. The molecule has 0 unspecified atom stereocenters. The zero-order valence-electron chi connectivity index (χ0n) is 11.2. The maximum Gasteiger partial charge on any atom is 0.115 e. The lowest BCUT2D eigenvalue weighted by Gasteiger charge is -2.50. The number of fused-ring (bicyclic) bond motifs is 1. The molecule has 1 aromatic rings. The average molecular weight is 245 g/mol. The fourth-order valence-electron chi connectivity index (χ4n) is 4.10. The molecule has 0 aromatic heterocycles. The van der Waals surface area contributed by atoms with Gasteiger partial charge in [0.25, 0.3) is 0 Å². The lowest BCUT2D eigenvalue weighted by atomic mass is 9.59. The first-order valence-corrected chi connectivity index (χ1v) is 7.19. The fraction of sp³-hybridized carbons (Fsp3) is 0.625. The first-order valence-electron chi connectivity index (χ1n) is 7.19. The zero-order chi connectivity index (χ0) is 12.6. The molecule has 0 radical (unpaired) electrons. The summed E-state index contributed by atoms with van der Waals surface area (Å²) < 4.78 is 0. The lowest BCUT2D eigenvalue weighted by molar-refractivity contribution is 0.0706. The second-order valence-electron chi connectivity index (χ2n) is 6.16. The van der Waals surface area contributed by atoms with Crippen LogP contribution in [0.25, 0.3) is 0 Å². The van der Waals surface area contributed by atoms with Crippen LogP contribution in [0.5, 0.6) is 5.75 Å². The number of piperidine rings is 1. The van der Waals surface area contributed by atoms with Crippen LogP contribution in [0.3, 0.4) is 0 Å². The Bertz CT molecular complexity index is 431. The van der Waals surface area contributed by atoms with Gasteiger partial charge in [-0.1, -0.05) is 25.0 Å². The number of benzene rings is 1. The summed E-state index contributed by atoms with van der Waals surface area (Å²) >= 11 is 0. The normalized spacial score (nSPS) is 33.1. The van der Waals surface area contributed by atoms with E-state index in [0.717, 1.165) is 5.92 Å². The molecular formula is C16H23NO. The fourth-order valence-corrected chi connectivity index (χ4v) is 4.10. The van der Waals surface area contributed by atoms with Crippen molar-refractivity contribution in [3.05, 3.63) is 29.8 Å². The smallest absolute Gasteiger partial charge is 0.115 e. The third-order valence-corrected chi connectivity index (χ3v) is 5.10. The SMILES string of the molecule is CN1CC[C@@]2(c3cccc(O)c3)CCCC[C@H]2C1. The summed E-state index contributed by atoms with van der Waals surface area (Å²) in [5.74, 6) is 1.19. The van der Waals surface area contributed by atoms with Gasteiger partial charge >= 0.3 is 0 Å². The summed E-state index contributed by atoms with van der Waals surface area (Å²) in [6, 6.07) is 8.02. The molecule has 3 rings (SSSR count). The van der Waals surface area contributed by atoms with Crippen molar-refractivity contribution in [1.29, 1.82) is 0 Å². The first kappa shape index (κ1) is 12.0. The van der Waals surface area contributed by atoms with Crippen molar-refractivity contribution < 1.29 is 5.11 Å². The predicted molar refractivity (Wildman–Crippen MR) is 73.9 cm³/mol. The van der Waals surface area contributed by atoms with E-state index in [1.807, 2.05) is 12.1 Å². The molecule has 1 aliphatic carbocycles. The number of phenolic OH excluding ortho intramolecular Hbond substituents is 1. The van der Waals surface area contributed by atoms with E-state index in [-0.39, 0.29) is 0 Å². The molecule has 1 saturated heterocycles. The van der Waals surface area contributed by atoms with Gasteiger partial charge in [-0.05, 0) is 56.5 Å². The molecule has 1 aromatic carbocycles. The number of hydrogen-bond donors (Lipinski definition) is 1. The number of rotatable bonds is 1. The van der Waals surface area contributed by atoms with Crippen molar-refractivity contribution in [1.82, 2.24) is 4.90 Å². The highest BCUT2D eigenvalue weighted by Gasteiger charge is 2.44. The van der Waals surface area contributed by atoms with E-state index in [2.05, 4.69) is 18.0 Å². The standard InChI is InChI=1S/C16H23NO/c1-17-10-9-16(8-3-2-5-14(16)12-17)13-6-4-7-15(18)11-13/h4,6-7,11,14,18H,2-3,5,8-10,12H2,1H3/t14-,16+/m0/s1. The van der Waals surface area contributed by atoms with Crippen LogP contribution in [-0.4, -0.2) is 30.1 Å².